The number of benzene rings is 1. The van der Waals surface area contributed by atoms with Crippen LogP contribution in [0.3, 0.4) is 0 Å². The molecule has 0 atom stereocenters. The Morgan fingerprint density at radius 3 is 2.65 bits per heavy atom. The third-order valence-electron chi connectivity index (χ3n) is 4.56. The number of nitrogens with zero attached hydrogens (tertiary/aromatic N) is 1. The molecule has 0 radical (unpaired) electrons. The van der Waals surface area contributed by atoms with E-state index in [4.69, 9.17) is 0 Å². The van der Waals surface area contributed by atoms with Crippen molar-refractivity contribution in [3.63, 3.8) is 0 Å². The van der Waals surface area contributed by atoms with Crippen molar-refractivity contribution in [1.29, 1.82) is 0 Å². The number of anilines is 2. The maximum atomic E-state index is 12.2. The van der Waals surface area contributed by atoms with Gasteiger partial charge in [-0.3, -0.25) is 14.4 Å². The number of nitrogens with one attached hydrogen (secondary N) is 2. The van der Waals surface area contributed by atoms with E-state index in [1.165, 1.54) is 0 Å². The van der Waals surface area contributed by atoms with E-state index in [0.717, 1.165) is 24.9 Å². The van der Waals surface area contributed by atoms with E-state index in [-0.39, 0.29) is 23.6 Å². The van der Waals surface area contributed by atoms with Crippen LogP contribution in [0.1, 0.15) is 51.5 Å². The lowest BCUT2D eigenvalue weighted by Gasteiger charge is -2.26. The molecule has 1 aromatic carbocycles. The Morgan fingerprint density at radius 1 is 1.19 bits per heavy atom. The van der Waals surface area contributed by atoms with Gasteiger partial charge in [0.25, 0.3) is 0 Å². The first-order chi connectivity index (χ1) is 12.4. The van der Waals surface area contributed by atoms with Crippen LogP contribution in [0.5, 0.6) is 0 Å². The van der Waals surface area contributed by atoms with Crippen molar-refractivity contribution in [2.75, 3.05) is 23.7 Å². The summed E-state index contributed by atoms with van der Waals surface area (Å²) in [6.07, 6.45) is 3.66. The molecule has 0 unspecified atom stereocenters. The number of hydrogen-bond acceptors (Lipinski definition) is 3. The Kier molecular flexibility index (Phi) is 7.18. The van der Waals surface area contributed by atoms with Gasteiger partial charge in [0, 0.05) is 43.2 Å². The molecule has 26 heavy (non-hydrogen) atoms. The SMILES string of the molecule is Cc1ccc(NC(=O)CCCN2CCCCC2=O)cc1NC(=O)C(C)C. The maximum absolute atomic E-state index is 12.2. The molecule has 0 saturated carbocycles. The maximum Gasteiger partial charge on any atom is 0.226 e. The highest BCUT2D eigenvalue weighted by Crippen LogP contribution is 2.21. The lowest BCUT2D eigenvalue weighted by Crippen LogP contribution is -2.36. The number of piperidine rings is 1. The zero-order chi connectivity index (χ0) is 19.1. The molecule has 2 N–H and O–H groups in total. The standard InChI is InChI=1S/C20H29N3O3/c1-14(2)20(26)22-17-13-16(10-9-15(17)3)21-18(24)7-6-12-23-11-5-4-8-19(23)25/h9-10,13-14H,4-8,11-12H2,1-3H3,(H,21,24)(H,22,26). The van der Waals surface area contributed by atoms with Crippen LogP contribution in [0, 0.1) is 12.8 Å². The van der Waals surface area contributed by atoms with Crippen molar-refractivity contribution >= 4 is 29.1 Å². The molecule has 6 nitrogen and oxygen atoms in total. The van der Waals surface area contributed by atoms with Gasteiger partial charge in [0.05, 0.1) is 0 Å². The summed E-state index contributed by atoms with van der Waals surface area (Å²) in [5.74, 6) is -0.0481. The highest BCUT2D eigenvalue weighted by atomic mass is 16.2. The van der Waals surface area contributed by atoms with Gasteiger partial charge in [0.2, 0.25) is 17.7 Å². The van der Waals surface area contributed by atoms with Crippen LogP contribution in [-0.4, -0.2) is 35.7 Å². The predicted octanol–water partition coefficient (Wildman–Crippen LogP) is 3.32. The van der Waals surface area contributed by atoms with Gasteiger partial charge in [-0.25, -0.2) is 0 Å². The lowest BCUT2D eigenvalue weighted by molar-refractivity contribution is -0.133. The molecule has 0 spiro atoms. The van der Waals surface area contributed by atoms with Gasteiger partial charge in [0.1, 0.15) is 0 Å². The van der Waals surface area contributed by atoms with E-state index in [1.807, 2.05) is 37.8 Å². The van der Waals surface area contributed by atoms with E-state index in [0.29, 0.717) is 37.2 Å². The van der Waals surface area contributed by atoms with E-state index >= 15 is 0 Å². The quantitative estimate of drug-likeness (QED) is 0.784. The Labute approximate surface area is 155 Å². The molecular weight excluding hydrogens is 330 g/mol. The van der Waals surface area contributed by atoms with Crippen molar-refractivity contribution in [2.45, 2.75) is 52.9 Å². The summed E-state index contributed by atoms with van der Waals surface area (Å²) in [6.45, 7) is 7.02. The van der Waals surface area contributed by atoms with Crippen LogP contribution in [-0.2, 0) is 14.4 Å². The fourth-order valence-corrected chi connectivity index (χ4v) is 2.86. The summed E-state index contributed by atoms with van der Waals surface area (Å²) in [7, 11) is 0. The second-order valence-corrected chi connectivity index (χ2v) is 7.16. The predicted molar refractivity (Wildman–Crippen MR) is 103 cm³/mol. The number of carbonyl (C=O) groups is 3. The van der Waals surface area contributed by atoms with Gasteiger partial charge < -0.3 is 15.5 Å². The number of carbonyl (C=O) groups excluding carboxylic acids is 3. The molecule has 1 aliphatic heterocycles. The monoisotopic (exact) mass is 359 g/mol. The van der Waals surface area contributed by atoms with Gasteiger partial charge in [-0.05, 0) is 43.9 Å². The van der Waals surface area contributed by atoms with E-state index in [2.05, 4.69) is 10.6 Å². The molecule has 0 bridgehead atoms. The summed E-state index contributed by atoms with van der Waals surface area (Å²) < 4.78 is 0. The number of aryl methyl sites for hydroxylation is 1. The molecule has 1 fully saturated rings. The molecular formula is C20H29N3O3. The van der Waals surface area contributed by atoms with Crippen LogP contribution in [0.15, 0.2) is 18.2 Å². The second kappa shape index (κ2) is 9.36. The Bertz CT molecular complexity index is 670. The third kappa shape index (κ3) is 5.86. The van der Waals surface area contributed by atoms with Crippen molar-refractivity contribution in [1.82, 2.24) is 4.90 Å². The topological polar surface area (TPSA) is 78.5 Å². The van der Waals surface area contributed by atoms with Gasteiger partial charge in [-0.2, -0.15) is 0 Å². The number of rotatable bonds is 7. The highest BCUT2D eigenvalue weighted by Gasteiger charge is 2.17. The molecule has 3 amide bonds. The molecule has 2 rings (SSSR count). The number of hydrogen-bond donors (Lipinski definition) is 2. The summed E-state index contributed by atoms with van der Waals surface area (Å²) in [4.78, 5) is 37.7. The molecule has 142 valence electrons. The molecule has 6 heteroatoms. The Hall–Kier alpha value is -2.37. The second-order valence-electron chi connectivity index (χ2n) is 7.16. The first kappa shape index (κ1) is 19.9. The zero-order valence-electron chi connectivity index (χ0n) is 15.9. The van der Waals surface area contributed by atoms with E-state index in [1.54, 1.807) is 6.07 Å². The average molecular weight is 359 g/mol. The summed E-state index contributed by atoms with van der Waals surface area (Å²) >= 11 is 0. The van der Waals surface area contributed by atoms with Gasteiger partial charge >= 0.3 is 0 Å². The fraction of sp³-hybridized carbons (Fsp3) is 0.550. The van der Waals surface area contributed by atoms with Crippen molar-refractivity contribution in [3.05, 3.63) is 23.8 Å². The van der Waals surface area contributed by atoms with Gasteiger partial charge in [-0.15, -0.1) is 0 Å². The Morgan fingerprint density at radius 2 is 1.96 bits per heavy atom. The van der Waals surface area contributed by atoms with Gasteiger partial charge in [0.15, 0.2) is 0 Å². The lowest BCUT2D eigenvalue weighted by atomic mass is 10.1. The van der Waals surface area contributed by atoms with Crippen LogP contribution >= 0.6 is 0 Å². The Balaban J connectivity index is 1.84. The largest absolute Gasteiger partial charge is 0.343 e. The highest BCUT2D eigenvalue weighted by molar-refractivity contribution is 5.95. The third-order valence-corrected chi connectivity index (χ3v) is 4.56. The minimum absolute atomic E-state index is 0.0530. The van der Waals surface area contributed by atoms with Crippen molar-refractivity contribution in [3.8, 4) is 0 Å². The molecule has 1 heterocycles. The fourth-order valence-electron chi connectivity index (χ4n) is 2.86. The van der Waals surface area contributed by atoms with Gasteiger partial charge in [-0.1, -0.05) is 19.9 Å². The molecule has 1 saturated heterocycles. The normalized spacial score (nSPS) is 14.5. The number of likely N-dealkylation sites (tertiary alicyclic amines) is 1. The summed E-state index contributed by atoms with van der Waals surface area (Å²) in [5.41, 5.74) is 2.31. The molecule has 1 aromatic rings. The summed E-state index contributed by atoms with van der Waals surface area (Å²) in [6, 6.07) is 5.48. The average Bonchev–Trinajstić information content (AvgIpc) is 2.59. The van der Waals surface area contributed by atoms with Crippen LogP contribution in [0.25, 0.3) is 0 Å². The molecule has 0 aromatic heterocycles. The molecule has 0 aliphatic carbocycles. The zero-order valence-corrected chi connectivity index (χ0v) is 15.9. The first-order valence-electron chi connectivity index (χ1n) is 9.36. The minimum Gasteiger partial charge on any atom is -0.343 e. The van der Waals surface area contributed by atoms with Crippen LogP contribution < -0.4 is 10.6 Å². The van der Waals surface area contributed by atoms with E-state index in [9.17, 15) is 14.4 Å². The van der Waals surface area contributed by atoms with E-state index < -0.39 is 0 Å². The van der Waals surface area contributed by atoms with Crippen LogP contribution in [0.2, 0.25) is 0 Å². The van der Waals surface area contributed by atoms with Crippen molar-refractivity contribution in [2.24, 2.45) is 5.92 Å². The number of amides is 3. The first-order valence-corrected chi connectivity index (χ1v) is 9.36. The minimum atomic E-state index is -0.106. The van der Waals surface area contributed by atoms with Crippen molar-refractivity contribution < 1.29 is 14.4 Å². The smallest absolute Gasteiger partial charge is 0.226 e. The summed E-state index contributed by atoms with van der Waals surface area (Å²) in [5, 5.41) is 5.75. The van der Waals surface area contributed by atoms with Crippen LogP contribution in [0.4, 0.5) is 11.4 Å². The molecule has 1 aliphatic rings.